The second-order valence-electron chi connectivity index (χ2n) is 8.17. The zero-order valence-electron chi connectivity index (χ0n) is 17.8. The number of hydrogen-bond acceptors (Lipinski definition) is 8. The summed E-state index contributed by atoms with van der Waals surface area (Å²) < 4.78 is 5.55. The van der Waals surface area contributed by atoms with Gasteiger partial charge in [-0.3, -0.25) is 4.79 Å². The highest BCUT2D eigenvalue weighted by Crippen LogP contribution is 2.38. The first kappa shape index (κ1) is 20.5. The number of aryl methyl sites for hydroxylation is 2. The molecule has 3 atom stereocenters. The Hall–Kier alpha value is -2.36. The van der Waals surface area contributed by atoms with Gasteiger partial charge in [-0.1, -0.05) is 0 Å². The van der Waals surface area contributed by atoms with Crippen LogP contribution in [0, 0.1) is 13.8 Å². The Morgan fingerprint density at radius 2 is 1.97 bits per heavy atom. The van der Waals surface area contributed by atoms with E-state index in [1.807, 2.05) is 31.4 Å². The average molecular weight is 456 g/mol. The maximum atomic E-state index is 13.1. The van der Waals surface area contributed by atoms with E-state index in [0.717, 1.165) is 52.1 Å². The van der Waals surface area contributed by atoms with Crippen molar-refractivity contribution in [1.82, 2.24) is 19.9 Å². The van der Waals surface area contributed by atoms with Gasteiger partial charge in [-0.25, -0.2) is 15.0 Å². The van der Waals surface area contributed by atoms with Crippen molar-refractivity contribution in [3.63, 3.8) is 0 Å². The Bertz CT molecular complexity index is 1080. The van der Waals surface area contributed by atoms with Crippen LogP contribution >= 0.6 is 22.7 Å². The molecule has 5 heterocycles. The van der Waals surface area contributed by atoms with E-state index < -0.39 is 0 Å². The topological polar surface area (TPSA) is 80.2 Å². The first-order chi connectivity index (χ1) is 15.0. The number of amides is 1. The summed E-state index contributed by atoms with van der Waals surface area (Å²) in [6.45, 7) is 4.01. The minimum Gasteiger partial charge on any atom is -0.381 e. The molecule has 3 aromatic heterocycles. The molecule has 1 N–H and O–H groups in total. The van der Waals surface area contributed by atoms with Gasteiger partial charge in [0, 0.05) is 30.8 Å². The number of thiazole rings is 2. The van der Waals surface area contributed by atoms with Crippen LogP contribution in [-0.2, 0) is 4.74 Å². The highest BCUT2D eigenvalue weighted by Gasteiger charge is 2.43. The second-order valence-corrected chi connectivity index (χ2v) is 10.2. The molecule has 1 amide bonds. The Labute approximate surface area is 189 Å². The van der Waals surface area contributed by atoms with Crippen LogP contribution in [0.3, 0.4) is 0 Å². The summed E-state index contributed by atoms with van der Waals surface area (Å²) in [6, 6.07) is 4.26. The van der Waals surface area contributed by atoms with Crippen molar-refractivity contribution in [3.05, 3.63) is 40.0 Å². The summed E-state index contributed by atoms with van der Waals surface area (Å²) >= 11 is 3.18. The Morgan fingerprint density at radius 1 is 1.19 bits per heavy atom. The molecule has 31 heavy (non-hydrogen) atoms. The molecule has 5 rings (SSSR count). The summed E-state index contributed by atoms with van der Waals surface area (Å²) in [5.74, 6) is 0.754. The van der Waals surface area contributed by atoms with Crippen molar-refractivity contribution in [1.29, 1.82) is 0 Å². The molecular weight excluding hydrogens is 430 g/mol. The lowest BCUT2D eigenvalue weighted by Gasteiger charge is -2.38. The molecule has 0 aromatic carbocycles. The molecule has 2 fully saturated rings. The van der Waals surface area contributed by atoms with Gasteiger partial charge in [-0.15, -0.1) is 22.7 Å². The van der Waals surface area contributed by atoms with Crippen LogP contribution in [0.2, 0.25) is 0 Å². The molecule has 0 saturated carbocycles. The number of carbonyl (C=O) groups is 1. The molecule has 162 valence electrons. The van der Waals surface area contributed by atoms with Gasteiger partial charge in [0.2, 0.25) is 0 Å². The molecule has 2 aliphatic heterocycles. The number of rotatable bonds is 5. The number of pyridine rings is 1. The standard InChI is InChI=1S/C22H25N5O2S2/c1-12-20(31-13(2)24-12)18-11-30-22(25-18)26-19-7-4-14(10-23-19)21(28)27-15-5-6-16(27)9-17(8-15)29-3/h4,7,10-11,15-17H,5-6,8-9H2,1-3H3,(H,23,25,26)/t15-,16+,17+. The third-order valence-electron chi connectivity index (χ3n) is 6.14. The Morgan fingerprint density at radius 3 is 2.58 bits per heavy atom. The number of methoxy groups -OCH3 is 1. The molecule has 2 aliphatic rings. The van der Waals surface area contributed by atoms with Gasteiger partial charge < -0.3 is 15.0 Å². The van der Waals surface area contributed by atoms with Crippen LogP contribution in [-0.4, -0.2) is 51.1 Å². The van der Waals surface area contributed by atoms with Crippen molar-refractivity contribution in [2.24, 2.45) is 0 Å². The van der Waals surface area contributed by atoms with Crippen LogP contribution in [0.1, 0.15) is 46.7 Å². The fourth-order valence-corrected chi connectivity index (χ4v) is 6.37. The highest BCUT2D eigenvalue weighted by atomic mass is 32.1. The highest BCUT2D eigenvalue weighted by molar-refractivity contribution is 7.16. The molecule has 2 bridgehead atoms. The van der Waals surface area contributed by atoms with Gasteiger partial charge >= 0.3 is 0 Å². The maximum Gasteiger partial charge on any atom is 0.255 e. The van der Waals surface area contributed by atoms with E-state index in [9.17, 15) is 4.79 Å². The van der Waals surface area contributed by atoms with Gasteiger partial charge in [0.15, 0.2) is 5.13 Å². The Balaban J connectivity index is 1.27. The summed E-state index contributed by atoms with van der Waals surface area (Å²) in [5.41, 5.74) is 2.56. The van der Waals surface area contributed by atoms with Crippen molar-refractivity contribution >= 4 is 39.5 Å². The maximum absolute atomic E-state index is 13.1. The van der Waals surface area contributed by atoms with Crippen LogP contribution in [0.15, 0.2) is 23.7 Å². The molecule has 3 aromatic rings. The lowest BCUT2D eigenvalue weighted by Crippen LogP contribution is -2.48. The third kappa shape index (κ3) is 3.97. The van der Waals surface area contributed by atoms with E-state index in [4.69, 9.17) is 4.74 Å². The fraction of sp³-hybridized carbons (Fsp3) is 0.455. The minimum absolute atomic E-state index is 0.0775. The number of piperidine rings is 1. The van der Waals surface area contributed by atoms with Crippen LogP contribution in [0.25, 0.3) is 10.6 Å². The van der Waals surface area contributed by atoms with Crippen LogP contribution in [0.4, 0.5) is 10.9 Å². The van der Waals surface area contributed by atoms with Gasteiger partial charge in [0.05, 0.1) is 32.9 Å². The number of hydrogen-bond donors (Lipinski definition) is 1. The number of nitrogens with one attached hydrogen (secondary N) is 1. The number of ether oxygens (including phenoxy) is 1. The van der Waals surface area contributed by atoms with E-state index in [1.165, 1.54) is 11.3 Å². The predicted octanol–water partition coefficient (Wildman–Crippen LogP) is 4.80. The summed E-state index contributed by atoms with van der Waals surface area (Å²) in [5, 5.41) is 7.08. The van der Waals surface area contributed by atoms with E-state index >= 15 is 0 Å². The molecule has 0 radical (unpaired) electrons. The zero-order chi connectivity index (χ0) is 21.5. The van der Waals surface area contributed by atoms with Crippen molar-refractivity contribution in [2.75, 3.05) is 12.4 Å². The smallest absolute Gasteiger partial charge is 0.255 e. The van der Waals surface area contributed by atoms with Crippen molar-refractivity contribution < 1.29 is 9.53 Å². The molecule has 0 aliphatic carbocycles. The molecule has 2 saturated heterocycles. The molecule has 0 unspecified atom stereocenters. The van der Waals surface area contributed by atoms with E-state index in [1.54, 1.807) is 24.6 Å². The summed E-state index contributed by atoms with van der Waals surface area (Å²) in [7, 11) is 1.77. The van der Waals surface area contributed by atoms with E-state index in [-0.39, 0.29) is 24.1 Å². The number of anilines is 2. The lowest BCUT2D eigenvalue weighted by molar-refractivity contribution is 0.00821. The number of nitrogens with zero attached hydrogens (tertiary/aromatic N) is 4. The normalized spacial score (nSPS) is 22.7. The summed E-state index contributed by atoms with van der Waals surface area (Å²) in [6.07, 6.45) is 5.92. The number of carbonyl (C=O) groups excluding carboxylic acids is 1. The summed E-state index contributed by atoms with van der Waals surface area (Å²) in [4.78, 5) is 29.9. The number of aromatic nitrogens is 3. The van der Waals surface area contributed by atoms with Crippen LogP contribution < -0.4 is 5.32 Å². The minimum atomic E-state index is 0.0775. The van der Waals surface area contributed by atoms with E-state index in [2.05, 4.69) is 25.2 Å². The fourth-order valence-electron chi connectivity index (χ4n) is 4.71. The van der Waals surface area contributed by atoms with Crippen molar-refractivity contribution in [2.45, 2.75) is 57.7 Å². The SMILES string of the molecule is CO[C@H]1C[C@H]2CC[C@@H](C1)N2C(=O)c1ccc(Nc2nc(-c3sc(C)nc3C)cs2)nc1. The van der Waals surface area contributed by atoms with Crippen molar-refractivity contribution in [3.8, 4) is 10.6 Å². The predicted molar refractivity (Wildman–Crippen MR) is 123 cm³/mol. The third-order valence-corrected chi connectivity index (χ3v) is 8.00. The molecule has 9 heteroatoms. The zero-order valence-corrected chi connectivity index (χ0v) is 19.4. The van der Waals surface area contributed by atoms with E-state index in [0.29, 0.717) is 11.4 Å². The Kier molecular flexibility index (Phi) is 5.49. The largest absolute Gasteiger partial charge is 0.381 e. The average Bonchev–Trinajstić information content (AvgIpc) is 3.43. The molecular formula is C22H25N5O2S2. The lowest BCUT2D eigenvalue weighted by atomic mass is 9.99. The second kappa shape index (κ2) is 8.29. The van der Waals surface area contributed by atoms with Gasteiger partial charge in [0.25, 0.3) is 5.91 Å². The molecule has 0 spiro atoms. The first-order valence-electron chi connectivity index (χ1n) is 10.5. The van der Waals surface area contributed by atoms with Gasteiger partial charge in [-0.05, 0) is 51.7 Å². The number of fused-ring (bicyclic) bond motifs is 2. The van der Waals surface area contributed by atoms with Crippen LogP contribution in [0.5, 0.6) is 0 Å². The van der Waals surface area contributed by atoms with Gasteiger partial charge in [0.1, 0.15) is 5.82 Å². The first-order valence-corrected chi connectivity index (χ1v) is 12.2. The monoisotopic (exact) mass is 455 g/mol. The molecule has 7 nitrogen and oxygen atoms in total. The quantitative estimate of drug-likeness (QED) is 0.595. The van der Waals surface area contributed by atoms with Gasteiger partial charge in [-0.2, -0.15) is 0 Å².